The van der Waals surface area contributed by atoms with E-state index in [4.69, 9.17) is 0 Å². The SMILES string of the molecule is CC(C)(C)c1ccc(S(=O)(=O)N2CCN(c3nc(-c4ccc(F)c(F)c4)cs3)CC2)cc1. The molecule has 1 saturated heterocycles. The molecule has 4 rings (SSSR count). The second kappa shape index (κ2) is 8.53. The minimum atomic E-state index is -3.56. The van der Waals surface area contributed by atoms with Gasteiger partial charge >= 0.3 is 0 Å². The zero-order valence-electron chi connectivity index (χ0n) is 18.2. The molecule has 2 aromatic carbocycles. The number of nitrogens with zero attached hydrogens (tertiary/aromatic N) is 3. The van der Waals surface area contributed by atoms with Crippen molar-refractivity contribution in [3.8, 4) is 11.3 Å². The van der Waals surface area contributed by atoms with E-state index in [1.807, 2.05) is 17.0 Å². The zero-order valence-corrected chi connectivity index (χ0v) is 19.8. The van der Waals surface area contributed by atoms with Crippen molar-refractivity contribution in [1.82, 2.24) is 9.29 Å². The molecule has 0 unspecified atom stereocenters. The normalized spacial score (nSPS) is 15.8. The van der Waals surface area contributed by atoms with Crippen LogP contribution in [-0.2, 0) is 15.4 Å². The summed E-state index contributed by atoms with van der Waals surface area (Å²) in [6, 6.07) is 10.8. The van der Waals surface area contributed by atoms with Crippen molar-refractivity contribution in [2.45, 2.75) is 31.1 Å². The number of aromatic nitrogens is 1. The van der Waals surface area contributed by atoms with Gasteiger partial charge in [-0.2, -0.15) is 4.31 Å². The van der Waals surface area contributed by atoms with Crippen molar-refractivity contribution >= 4 is 26.5 Å². The lowest BCUT2D eigenvalue weighted by Crippen LogP contribution is -2.48. The lowest BCUT2D eigenvalue weighted by molar-refractivity contribution is 0.384. The number of thiazole rings is 1. The quantitative estimate of drug-likeness (QED) is 0.537. The van der Waals surface area contributed by atoms with Gasteiger partial charge in [0, 0.05) is 37.1 Å². The Kier molecular flexibility index (Phi) is 6.08. The first kappa shape index (κ1) is 22.8. The number of piperazine rings is 1. The first-order chi connectivity index (χ1) is 15.1. The number of sulfonamides is 1. The Hall–Kier alpha value is -2.36. The summed E-state index contributed by atoms with van der Waals surface area (Å²) in [4.78, 5) is 6.86. The summed E-state index contributed by atoms with van der Waals surface area (Å²) >= 11 is 1.40. The number of hydrogen-bond acceptors (Lipinski definition) is 5. The highest BCUT2D eigenvalue weighted by Gasteiger charge is 2.29. The molecule has 170 valence electrons. The van der Waals surface area contributed by atoms with E-state index >= 15 is 0 Å². The van der Waals surface area contributed by atoms with Crippen molar-refractivity contribution in [3.63, 3.8) is 0 Å². The van der Waals surface area contributed by atoms with Crippen LogP contribution in [0.2, 0.25) is 0 Å². The molecule has 0 bridgehead atoms. The maximum Gasteiger partial charge on any atom is 0.243 e. The summed E-state index contributed by atoms with van der Waals surface area (Å²) in [7, 11) is -3.56. The van der Waals surface area contributed by atoms with E-state index in [-0.39, 0.29) is 5.41 Å². The molecule has 0 amide bonds. The number of hydrogen-bond donors (Lipinski definition) is 0. The van der Waals surface area contributed by atoms with Gasteiger partial charge in [-0.1, -0.05) is 32.9 Å². The molecule has 1 aromatic heterocycles. The molecule has 1 fully saturated rings. The lowest BCUT2D eigenvalue weighted by atomic mass is 9.87. The summed E-state index contributed by atoms with van der Waals surface area (Å²) in [5.74, 6) is -1.80. The molecule has 0 radical (unpaired) electrons. The van der Waals surface area contributed by atoms with Crippen LogP contribution in [0.1, 0.15) is 26.3 Å². The van der Waals surface area contributed by atoms with Crippen molar-refractivity contribution in [1.29, 1.82) is 0 Å². The van der Waals surface area contributed by atoms with Crippen LogP contribution in [0.5, 0.6) is 0 Å². The molecule has 2 heterocycles. The van der Waals surface area contributed by atoms with Gasteiger partial charge in [-0.3, -0.25) is 0 Å². The summed E-state index contributed by atoms with van der Waals surface area (Å²) in [6.45, 7) is 7.98. The Balaban J connectivity index is 1.44. The molecule has 9 heteroatoms. The average molecular weight is 478 g/mol. The summed E-state index contributed by atoms with van der Waals surface area (Å²) in [6.07, 6.45) is 0. The number of halogens is 2. The van der Waals surface area contributed by atoms with E-state index in [9.17, 15) is 17.2 Å². The molecule has 32 heavy (non-hydrogen) atoms. The van der Waals surface area contributed by atoms with Gasteiger partial charge in [0.15, 0.2) is 16.8 Å². The molecular formula is C23H25F2N3O2S2. The van der Waals surface area contributed by atoms with Gasteiger partial charge in [0.05, 0.1) is 10.6 Å². The summed E-state index contributed by atoms with van der Waals surface area (Å²) in [5, 5.41) is 2.53. The second-order valence-corrected chi connectivity index (χ2v) is 11.6. The third kappa shape index (κ3) is 4.55. The molecule has 3 aromatic rings. The van der Waals surface area contributed by atoms with E-state index in [2.05, 4.69) is 25.8 Å². The molecule has 0 atom stereocenters. The van der Waals surface area contributed by atoms with Gasteiger partial charge in [-0.15, -0.1) is 11.3 Å². The average Bonchev–Trinajstić information content (AvgIpc) is 3.25. The van der Waals surface area contributed by atoms with E-state index in [1.54, 1.807) is 17.5 Å². The Morgan fingerprint density at radius 2 is 1.59 bits per heavy atom. The van der Waals surface area contributed by atoms with Crippen molar-refractivity contribution in [2.24, 2.45) is 0 Å². The minimum Gasteiger partial charge on any atom is -0.345 e. The van der Waals surface area contributed by atoms with Gasteiger partial charge in [0.2, 0.25) is 10.0 Å². The van der Waals surface area contributed by atoms with E-state index in [1.165, 1.54) is 21.7 Å². The molecular weight excluding hydrogens is 452 g/mol. The third-order valence-electron chi connectivity index (χ3n) is 5.57. The van der Waals surface area contributed by atoms with Crippen molar-refractivity contribution in [2.75, 3.05) is 31.1 Å². The van der Waals surface area contributed by atoms with Crippen LogP contribution in [0.4, 0.5) is 13.9 Å². The Morgan fingerprint density at radius 3 is 2.19 bits per heavy atom. The molecule has 0 N–H and O–H groups in total. The van der Waals surface area contributed by atoms with Crippen molar-refractivity contribution < 1.29 is 17.2 Å². The fourth-order valence-electron chi connectivity index (χ4n) is 3.59. The van der Waals surface area contributed by atoms with Gasteiger partial charge in [0.25, 0.3) is 0 Å². The third-order valence-corrected chi connectivity index (χ3v) is 8.39. The van der Waals surface area contributed by atoms with Crippen LogP contribution in [0.3, 0.4) is 0 Å². The highest BCUT2D eigenvalue weighted by molar-refractivity contribution is 7.89. The maximum atomic E-state index is 13.5. The van der Waals surface area contributed by atoms with E-state index in [0.29, 0.717) is 42.3 Å². The highest BCUT2D eigenvalue weighted by atomic mass is 32.2. The number of rotatable bonds is 4. The minimum absolute atomic E-state index is 0.0415. The summed E-state index contributed by atoms with van der Waals surface area (Å²) < 4.78 is 54.3. The Bertz CT molecular complexity index is 1210. The Labute approximate surface area is 191 Å². The molecule has 0 spiro atoms. The van der Waals surface area contributed by atoms with Crippen LogP contribution < -0.4 is 4.90 Å². The van der Waals surface area contributed by atoms with Crippen LogP contribution in [0.25, 0.3) is 11.3 Å². The second-order valence-electron chi connectivity index (χ2n) is 8.81. The van der Waals surface area contributed by atoms with Crippen molar-refractivity contribution in [3.05, 3.63) is 65.0 Å². The smallest absolute Gasteiger partial charge is 0.243 e. The fraction of sp³-hybridized carbons (Fsp3) is 0.348. The topological polar surface area (TPSA) is 53.5 Å². The summed E-state index contributed by atoms with van der Waals surface area (Å²) in [5.41, 5.74) is 2.12. The largest absolute Gasteiger partial charge is 0.345 e. The molecule has 0 aliphatic carbocycles. The zero-order chi connectivity index (χ0) is 23.1. The van der Waals surface area contributed by atoms with Crippen LogP contribution in [-0.4, -0.2) is 43.9 Å². The van der Waals surface area contributed by atoms with Crippen LogP contribution in [0, 0.1) is 11.6 Å². The van der Waals surface area contributed by atoms with Gasteiger partial charge in [0.1, 0.15) is 0 Å². The first-order valence-electron chi connectivity index (χ1n) is 10.3. The van der Waals surface area contributed by atoms with Gasteiger partial charge < -0.3 is 4.90 Å². The molecule has 5 nitrogen and oxygen atoms in total. The fourth-order valence-corrected chi connectivity index (χ4v) is 5.90. The first-order valence-corrected chi connectivity index (χ1v) is 12.6. The molecule has 0 saturated carbocycles. The Morgan fingerprint density at radius 1 is 0.938 bits per heavy atom. The predicted octanol–water partition coefficient (Wildman–Crippen LogP) is 4.90. The van der Waals surface area contributed by atoms with Crippen LogP contribution >= 0.6 is 11.3 Å². The maximum absolute atomic E-state index is 13.5. The highest BCUT2D eigenvalue weighted by Crippen LogP contribution is 2.30. The lowest BCUT2D eigenvalue weighted by Gasteiger charge is -2.33. The monoisotopic (exact) mass is 477 g/mol. The predicted molar refractivity (Wildman–Crippen MR) is 124 cm³/mol. The van der Waals surface area contributed by atoms with Gasteiger partial charge in [-0.05, 0) is 41.3 Å². The van der Waals surface area contributed by atoms with E-state index < -0.39 is 21.7 Å². The van der Waals surface area contributed by atoms with Crippen LogP contribution in [0.15, 0.2) is 52.7 Å². The van der Waals surface area contributed by atoms with Gasteiger partial charge in [-0.25, -0.2) is 22.2 Å². The molecule has 1 aliphatic rings. The number of benzene rings is 2. The standard InChI is InChI=1S/C23H25F2N3O2S2/c1-23(2,3)17-5-7-18(8-6-17)32(29,30)28-12-10-27(11-13-28)22-26-21(15-31-22)16-4-9-19(24)20(25)14-16/h4-9,14-15H,10-13H2,1-3H3. The number of anilines is 1. The molecule has 1 aliphatic heterocycles. The van der Waals surface area contributed by atoms with E-state index in [0.717, 1.165) is 22.8 Å².